The second kappa shape index (κ2) is 23.6. The van der Waals surface area contributed by atoms with Crippen molar-refractivity contribution in [3.8, 4) is 0 Å². The van der Waals surface area contributed by atoms with Crippen LogP contribution in [0.1, 0.15) is 73.0 Å². The van der Waals surface area contributed by atoms with E-state index >= 15 is 0 Å². The number of aryl methyl sites for hydroxylation is 1. The topological polar surface area (TPSA) is 122 Å². The van der Waals surface area contributed by atoms with Gasteiger partial charge in [-0.05, 0) is 32.5 Å². The van der Waals surface area contributed by atoms with Gasteiger partial charge in [-0.3, -0.25) is 14.7 Å². The number of hydrogen-bond acceptors (Lipinski definition) is 10. The van der Waals surface area contributed by atoms with Crippen LogP contribution in [0.25, 0.3) is 0 Å². The number of nitrogens with one attached hydrogen (secondary N) is 2. The third-order valence-corrected chi connectivity index (χ3v) is 6.80. The van der Waals surface area contributed by atoms with Gasteiger partial charge in [-0.25, -0.2) is 9.97 Å². The van der Waals surface area contributed by atoms with E-state index in [2.05, 4.69) is 37.4 Å². The number of anilines is 1. The van der Waals surface area contributed by atoms with Crippen LogP contribution in [-0.2, 0) is 27.4 Å². The molecule has 2 N–H and O–H groups in total. The van der Waals surface area contributed by atoms with Crippen LogP contribution in [0.2, 0.25) is 0 Å². The summed E-state index contributed by atoms with van der Waals surface area (Å²) in [6.07, 6.45) is 10.8. The minimum absolute atomic E-state index is 0.209. The fourth-order valence-electron chi connectivity index (χ4n) is 4.26. The number of hydrogen-bond donors (Lipinski definition) is 2. The maximum absolute atomic E-state index is 12.4. The first-order chi connectivity index (χ1) is 20.5. The largest absolute Gasteiger partial charge is 0.383 e. The van der Waals surface area contributed by atoms with Gasteiger partial charge in [0.25, 0.3) is 5.91 Å². The first-order valence-corrected chi connectivity index (χ1v) is 15.0. The van der Waals surface area contributed by atoms with E-state index in [1.807, 2.05) is 44.8 Å². The Morgan fingerprint density at radius 1 is 1.10 bits per heavy atom. The van der Waals surface area contributed by atoms with Crippen LogP contribution in [0.3, 0.4) is 0 Å². The molecule has 1 saturated heterocycles. The molecule has 11 heteroatoms. The van der Waals surface area contributed by atoms with Crippen molar-refractivity contribution in [2.24, 2.45) is 0 Å². The second-order valence-corrected chi connectivity index (χ2v) is 10.1. The maximum Gasteiger partial charge on any atom is 0.270 e. The van der Waals surface area contributed by atoms with Gasteiger partial charge in [-0.2, -0.15) is 0 Å². The zero-order chi connectivity index (χ0) is 31.0. The average molecular weight is 588 g/mol. The average Bonchev–Trinajstić information content (AvgIpc) is 3.05. The second-order valence-electron chi connectivity index (χ2n) is 10.1. The fourth-order valence-corrected chi connectivity index (χ4v) is 4.26. The first kappa shape index (κ1) is 37.0. The molecule has 2 fully saturated rings. The van der Waals surface area contributed by atoms with Crippen molar-refractivity contribution in [1.82, 2.24) is 30.5 Å². The molecule has 2 aliphatic rings. The standard InChI is InChI=1S/C20H28N6O2.C6H12.C4H11NO.CH2O/c1-4-25(3)19-11-17(23-15(2)24-19)13-22-20(27)18-6-5-16(12-21-18)14-26-7-9-28-10-8-26;1-2-4-6-5-3-1;1-5-3-4-6-2;1-2/h5-6,11-12H,4,7-10,13-14H2,1-3H3,(H,22,27);1-6H2;5H,3-4H2,1-2H3;1H2. The summed E-state index contributed by atoms with van der Waals surface area (Å²) in [4.78, 5) is 37.9. The highest BCUT2D eigenvalue weighted by Gasteiger charge is 2.13. The van der Waals surface area contributed by atoms with Gasteiger partial charge in [0.05, 0.1) is 32.1 Å². The molecule has 4 rings (SSSR count). The Bertz CT molecular complexity index is 953. The molecule has 0 atom stereocenters. The predicted molar refractivity (Wildman–Crippen MR) is 168 cm³/mol. The van der Waals surface area contributed by atoms with Gasteiger partial charge in [0.1, 0.15) is 24.1 Å². The fraction of sp³-hybridized carbons (Fsp3) is 0.645. The molecular formula is C31H53N7O4. The molecule has 0 aromatic carbocycles. The minimum Gasteiger partial charge on any atom is -0.383 e. The Morgan fingerprint density at radius 3 is 2.24 bits per heavy atom. The first-order valence-electron chi connectivity index (χ1n) is 15.0. The lowest BCUT2D eigenvalue weighted by atomic mass is 10.0. The molecule has 1 aliphatic carbocycles. The Kier molecular flexibility index (Phi) is 20.8. The van der Waals surface area contributed by atoms with Crippen LogP contribution in [0.15, 0.2) is 24.4 Å². The van der Waals surface area contributed by atoms with Gasteiger partial charge in [-0.1, -0.05) is 44.6 Å². The Hall–Kier alpha value is -2.99. The molecule has 3 heterocycles. The summed E-state index contributed by atoms with van der Waals surface area (Å²) in [6, 6.07) is 5.63. The van der Waals surface area contributed by atoms with Crippen molar-refractivity contribution in [2.45, 2.75) is 65.5 Å². The van der Waals surface area contributed by atoms with E-state index in [0.717, 1.165) is 69.6 Å². The van der Waals surface area contributed by atoms with Gasteiger partial charge in [0, 0.05) is 59.1 Å². The molecule has 0 bridgehead atoms. The van der Waals surface area contributed by atoms with Crippen molar-refractivity contribution in [2.75, 3.05) is 72.1 Å². The van der Waals surface area contributed by atoms with E-state index in [1.165, 1.54) is 38.5 Å². The lowest BCUT2D eigenvalue weighted by molar-refractivity contribution is -0.0980. The highest BCUT2D eigenvalue weighted by atomic mass is 16.5. The summed E-state index contributed by atoms with van der Waals surface area (Å²) in [5.74, 6) is 1.33. The molecule has 0 spiro atoms. The molecule has 11 nitrogen and oxygen atoms in total. The van der Waals surface area contributed by atoms with E-state index in [1.54, 1.807) is 19.4 Å². The zero-order valence-corrected chi connectivity index (χ0v) is 26.5. The Balaban J connectivity index is 0.000000519. The van der Waals surface area contributed by atoms with Crippen LogP contribution in [0.5, 0.6) is 0 Å². The normalized spacial score (nSPS) is 14.6. The predicted octanol–water partition coefficient (Wildman–Crippen LogP) is 3.41. The van der Waals surface area contributed by atoms with E-state index in [9.17, 15) is 4.79 Å². The number of carbonyl (C=O) groups is 2. The number of ether oxygens (including phenoxy) is 2. The van der Waals surface area contributed by atoms with Gasteiger partial charge in [-0.15, -0.1) is 0 Å². The minimum atomic E-state index is -0.209. The molecule has 1 amide bonds. The summed E-state index contributed by atoms with van der Waals surface area (Å²) in [6.45, 7) is 13.1. The summed E-state index contributed by atoms with van der Waals surface area (Å²) in [5, 5.41) is 5.83. The number of morpholine rings is 1. The maximum atomic E-state index is 12.4. The number of carbonyl (C=O) groups excluding carboxylic acids is 2. The molecule has 1 saturated carbocycles. The Labute approximate surface area is 252 Å². The van der Waals surface area contributed by atoms with Crippen LogP contribution < -0.4 is 15.5 Å². The van der Waals surface area contributed by atoms with Crippen LogP contribution in [0, 0.1) is 6.92 Å². The van der Waals surface area contributed by atoms with E-state index in [0.29, 0.717) is 18.1 Å². The molecule has 2 aromatic rings. The SMILES string of the molecule is C1CCCCC1.C=O.CCN(C)c1cc(CNC(=O)c2ccc(CN3CCOCC3)cn2)nc(C)n1.CNCCOC. The van der Waals surface area contributed by atoms with Crippen molar-refractivity contribution >= 4 is 18.5 Å². The molecular weight excluding hydrogens is 534 g/mol. The van der Waals surface area contributed by atoms with Crippen molar-refractivity contribution < 1.29 is 19.1 Å². The molecule has 0 radical (unpaired) electrons. The van der Waals surface area contributed by atoms with Crippen molar-refractivity contribution in [1.29, 1.82) is 0 Å². The summed E-state index contributed by atoms with van der Waals surface area (Å²) < 4.78 is 10.1. The van der Waals surface area contributed by atoms with Gasteiger partial charge < -0.3 is 29.8 Å². The number of methoxy groups -OCH3 is 1. The Morgan fingerprint density at radius 2 is 1.74 bits per heavy atom. The number of aromatic nitrogens is 3. The van der Waals surface area contributed by atoms with Gasteiger partial charge in [0.15, 0.2) is 0 Å². The number of rotatable bonds is 10. The molecule has 236 valence electrons. The van der Waals surface area contributed by atoms with Gasteiger partial charge >= 0.3 is 0 Å². The number of amides is 1. The third-order valence-electron chi connectivity index (χ3n) is 6.80. The van der Waals surface area contributed by atoms with Crippen LogP contribution in [0.4, 0.5) is 5.82 Å². The number of likely N-dealkylation sites (N-methyl/N-ethyl adjacent to an activating group) is 1. The highest BCUT2D eigenvalue weighted by molar-refractivity contribution is 5.92. The quantitative estimate of drug-likeness (QED) is 0.400. The highest BCUT2D eigenvalue weighted by Crippen LogP contribution is 2.15. The van der Waals surface area contributed by atoms with Crippen molar-refractivity contribution in [3.63, 3.8) is 0 Å². The lowest BCUT2D eigenvalue weighted by Crippen LogP contribution is -2.35. The number of pyridine rings is 1. The summed E-state index contributed by atoms with van der Waals surface area (Å²) in [7, 11) is 5.57. The molecule has 2 aromatic heterocycles. The van der Waals surface area contributed by atoms with Gasteiger partial charge in [0.2, 0.25) is 0 Å². The summed E-state index contributed by atoms with van der Waals surface area (Å²) in [5.41, 5.74) is 2.28. The van der Waals surface area contributed by atoms with Crippen LogP contribution >= 0.6 is 0 Å². The molecule has 0 unspecified atom stereocenters. The molecule has 42 heavy (non-hydrogen) atoms. The third kappa shape index (κ3) is 15.9. The number of nitrogens with zero attached hydrogens (tertiary/aromatic N) is 5. The van der Waals surface area contributed by atoms with Crippen LogP contribution in [-0.4, -0.2) is 99.8 Å². The van der Waals surface area contributed by atoms with E-state index in [-0.39, 0.29) is 5.91 Å². The molecule has 1 aliphatic heterocycles. The summed E-state index contributed by atoms with van der Waals surface area (Å²) >= 11 is 0. The van der Waals surface area contributed by atoms with E-state index < -0.39 is 0 Å². The lowest BCUT2D eigenvalue weighted by Gasteiger charge is -2.26. The zero-order valence-electron chi connectivity index (χ0n) is 26.5. The monoisotopic (exact) mass is 587 g/mol. The van der Waals surface area contributed by atoms with Crippen molar-refractivity contribution in [3.05, 3.63) is 47.2 Å². The van der Waals surface area contributed by atoms with E-state index in [4.69, 9.17) is 14.3 Å². The smallest absolute Gasteiger partial charge is 0.270 e.